The molecule has 3 aromatic rings. The molecule has 170 valence electrons. The molecule has 1 unspecified atom stereocenters. The Morgan fingerprint density at radius 1 is 1.19 bits per heavy atom. The smallest absolute Gasteiger partial charge is 0.243 e. The number of nitrogens with two attached hydrogens (primary N) is 1. The van der Waals surface area contributed by atoms with E-state index in [1.54, 1.807) is 0 Å². The van der Waals surface area contributed by atoms with Gasteiger partial charge >= 0.3 is 0 Å². The third kappa shape index (κ3) is 4.88. The molecule has 2 heterocycles. The van der Waals surface area contributed by atoms with Gasteiger partial charge in [-0.25, -0.2) is 0 Å². The lowest BCUT2D eigenvalue weighted by molar-refractivity contribution is -0.129. The zero-order valence-electron chi connectivity index (χ0n) is 19.1. The predicted molar refractivity (Wildman–Crippen MR) is 128 cm³/mol. The number of aliphatic hydroxyl groups excluding tert-OH is 1. The minimum atomic E-state index is -0.744. The van der Waals surface area contributed by atoms with E-state index in [0.29, 0.717) is 19.5 Å². The lowest BCUT2D eigenvalue weighted by atomic mass is 9.94. The van der Waals surface area contributed by atoms with Gasteiger partial charge in [0.1, 0.15) is 6.04 Å². The highest BCUT2D eigenvalue weighted by Gasteiger charge is 2.38. The molecular weight excluding hydrogens is 400 g/mol. The maximum absolute atomic E-state index is 13.4. The number of hydrogen-bond donors (Lipinski definition) is 4. The van der Waals surface area contributed by atoms with Gasteiger partial charge in [-0.15, -0.1) is 0 Å². The zero-order chi connectivity index (χ0) is 22.9. The summed E-state index contributed by atoms with van der Waals surface area (Å²) in [5.41, 5.74) is 10.2. The first-order valence-corrected chi connectivity index (χ1v) is 11.4. The van der Waals surface area contributed by atoms with Gasteiger partial charge in [0.05, 0.1) is 6.10 Å². The number of aromatic nitrogens is 1. The predicted octanol–water partition coefficient (Wildman–Crippen LogP) is 2.91. The standard InChI is InChI=1S/C26H34N4O2/c1-26(2,3)29-25(32)24-23-19(18-11-7-8-12-21(18)28-23)13-14-30(24)16-22(31)20(27)15-17-9-5-4-6-10-17/h4-12,20,22,24,28,31H,13-16,27H2,1-3H3,(H,29,32)/t20-,22+,24?/m0/s1. The van der Waals surface area contributed by atoms with E-state index >= 15 is 0 Å². The van der Waals surface area contributed by atoms with Crippen LogP contribution in [0.15, 0.2) is 54.6 Å². The topological polar surface area (TPSA) is 94.4 Å². The van der Waals surface area contributed by atoms with Crippen LogP contribution in [0.3, 0.4) is 0 Å². The number of fused-ring (bicyclic) bond motifs is 3. The van der Waals surface area contributed by atoms with E-state index < -0.39 is 18.2 Å². The monoisotopic (exact) mass is 434 g/mol. The van der Waals surface area contributed by atoms with Gasteiger partial charge in [-0.05, 0) is 50.8 Å². The lowest BCUT2D eigenvalue weighted by Crippen LogP contribution is -2.53. The van der Waals surface area contributed by atoms with Gasteiger partial charge in [0.25, 0.3) is 0 Å². The van der Waals surface area contributed by atoms with E-state index in [4.69, 9.17) is 5.73 Å². The third-order valence-electron chi connectivity index (χ3n) is 6.11. The van der Waals surface area contributed by atoms with Gasteiger partial charge in [-0.1, -0.05) is 48.5 Å². The Balaban J connectivity index is 1.59. The van der Waals surface area contributed by atoms with E-state index in [2.05, 4.69) is 21.3 Å². The van der Waals surface area contributed by atoms with Crippen LogP contribution in [0.1, 0.15) is 43.6 Å². The van der Waals surface area contributed by atoms with Crippen molar-refractivity contribution in [1.82, 2.24) is 15.2 Å². The van der Waals surface area contributed by atoms with Crippen molar-refractivity contribution in [3.05, 3.63) is 71.4 Å². The Bertz CT molecular complexity index is 1070. The minimum Gasteiger partial charge on any atom is -0.390 e. The van der Waals surface area contributed by atoms with Crippen LogP contribution in [-0.4, -0.2) is 51.7 Å². The van der Waals surface area contributed by atoms with Crippen molar-refractivity contribution < 1.29 is 9.90 Å². The first-order valence-electron chi connectivity index (χ1n) is 11.4. The molecule has 2 aromatic carbocycles. The first kappa shape index (κ1) is 22.5. The molecule has 0 aliphatic carbocycles. The molecule has 5 N–H and O–H groups in total. The van der Waals surface area contributed by atoms with Crippen LogP contribution < -0.4 is 11.1 Å². The number of hydrogen-bond acceptors (Lipinski definition) is 4. The van der Waals surface area contributed by atoms with Crippen molar-refractivity contribution in [3.8, 4) is 0 Å². The SMILES string of the molecule is CC(C)(C)NC(=O)C1c2[nH]c3ccccc3c2CCN1C[C@@H](O)[C@@H](N)Cc1ccccc1. The summed E-state index contributed by atoms with van der Waals surface area (Å²) < 4.78 is 0. The number of rotatable bonds is 6. The number of amides is 1. The summed E-state index contributed by atoms with van der Waals surface area (Å²) in [7, 11) is 0. The largest absolute Gasteiger partial charge is 0.390 e. The fraction of sp³-hybridized carbons (Fsp3) is 0.423. The molecule has 1 amide bonds. The number of β-amino-alcohol motifs (C(OH)–C–C–N with tert-alkyl or cyclic N) is 1. The Morgan fingerprint density at radius 2 is 1.88 bits per heavy atom. The summed E-state index contributed by atoms with van der Waals surface area (Å²) in [6.07, 6.45) is 0.664. The molecule has 0 spiro atoms. The van der Waals surface area contributed by atoms with E-state index in [9.17, 15) is 9.90 Å². The Morgan fingerprint density at radius 3 is 2.59 bits per heavy atom. The Kier molecular flexibility index (Phi) is 6.38. The lowest BCUT2D eigenvalue weighted by Gasteiger charge is -2.38. The molecule has 32 heavy (non-hydrogen) atoms. The number of carbonyl (C=O) groups is 1. The van der Waals surface area contributed by atoms with Crippen molar-refractivity contribution >= 4 is 16.8 Å². The number of nitrogens with one attached hydrogen (secondary N) is 2. The van der Waals surface area contributed by atoms with Gasteiger partial charge in [-0.2, -0.15) is 0 Å². The molecule has 3 atom stereocenters. The van der Waals surface area contributed by atoms with Gasteiger partial charge in [0.2, 0.25) is 5.91 Å². The van der Waals surface area contributed by atoms with Crippen LogP contribution >= 0.6 is 0 Å². The van der Waals surface area contributed by atoms with Crippen LogP contribution in [0.4, 0.5) is 0 Å². The van der Waals surface area contributed by atoms with E-state index in [1.807, 2.05) is 69.3 Å². The molecule has 1 aliphatic heterocycles. The maximum atomic E-state index is 13.4. The van der Waals surface area contributed by atoms with Crippen molar-refractivity contribution in [1.29, 1.82) is 0 Å². The van der Waals surface area contributed by atoms with E-state index in [0.717, 1.165) is 28.6 Å². The highest BCUT2D eigenvalue weighted by Crippen LogP contribution is 2.35. The molecule has 0 saturated carbocycles. The molecule has 6 heteroatoms. The highest BCUT2D eigenvalue weighted by atomic mass is 16.3. The van der Waals surface area contributed by atoms with E-state index in [1.165, 1.54) is 5.56 Å². The van der Waals surface area contributed by atoms with Crippen molar-refractivity contribution in [2.75, 3.05) is 13.1 Å². The number of aliphatic hydroxyl groups is 1. The number of carbonyl (C=O) groups excluding carboxylic acids is 1. The van der Waals surface area contributed by atoms with Gasteiger partial charge in [0.15, 0.2) is 0 Å². The summed E-state index contributed by atoms with van der Waals surface area (Å²) in [6, 6.07) is 17.2. The second-order valence-corrected chi connectivity index (χ2v) is 9.87. The maximum Gasteiger partial charge on any atom is 0.243 e. The van der Waals surface area contributed by atoms with Gasteiger partial charge in [0, 0.05) is 41.3 Å². The van der Waals surface area contributed by atoms with Crippen LogP contribution in [0.5, 0.6) is 0 Å². The average molecular weight is 435 g/mol. The Hall–Kier alpha value is -2.67. The Labute approximate surface area is 189 Å². The van der Waals surface area contributed by atoms with Crippen LogP contribution in [0.2, 0.25) is 0 Å². The van der Waals surface area contributed by atoms with Gasteiger partial charge in [-0.3, -0.25) is 9.69 Å². The van der Waals surface area contributed by atoms with Gasteiger partial charge < -0.3 is 21.1 Å². The van der Waals surface area contributed by atoms with Crippen molar-refractivity contribution in [3.63, 3.8) is 0 Å². The fourth-order valence-corrected chi connectivity index (χ4v) is 4.62. The van der Waals surface area contributed by atoms with Crippen LogP contribution in [0, 0.1) is 0 Å². The molecule has 1 aliphatic rings. The quantitative estimate of drug-likeness (QED) is 0.480. The summed E-state index contributed by atoms with van der Waals surface area (Å²) in [5.74, 6) is -0.0613. The summed E-state index contributed by atoms with van der Waals surface area (Å²) in [5, 5.41) is 15.2. The number of benzene rings is 2. The summed E-state index contributed by atoms with van der Waals surface area (Å²) in [4.78, 5) is 19.0. The second-order valence-electron chi connectivity index (χ2n) is 9.87. The molecule has 0 saturated heterocycles. The molecular formula is C26H34N4O2. The second kappa shape index (κ2) is 9.06. The number of H-pyrrole nitrogens is 1. The van der Waals surface area contributed by atoms with E-state index in [-0.39, 0.29) is 11.4 Å². The molecule has 0 bridgehead atoms. The zero-order valence-corrected chi connectivity index (χ0v) is 19.1. The van der Waals surface area contributed by atoms with Crippen LogP contribution in [0.25, 0.3) is 10.9 Å². The molecule has 1 aromatic heterocycles. The molecule has 0 radical (unpaired) electrons. The number of aromatic amines is 1. The average Bonchev–Trinajstić information content (AvgIpc) is 3.11. The normalized spacial score (nSPS) is 18.8. The minimum absolute atomic E-state index is 0.0613. The summed E-state index contributed by atoms with van der Waals surface area (Å²) in [6.45, 7) is 6.97. The third-order valence-corrected chi connectivity index (χ3v) is 6.11. The molecule has 4 rings (SSSR count). The number of para-hydroxylation sites is 1. The number of nitrogens with zero attached hydrogens (tertiary/aromatic N) is 1. The highest BCUT2D eigenvalue weighted by molar-refractivity contribution is 5.90. The fourth-order valence-electron chi connectivity index (χ4n) is 4.62. The van der Waals surface area contributed by atoms with Crippen LogP contribution in [-0.2, 0) is 17.6 Å². The molecule has 0 fully saturated rings. The summed E-state index contributed by atoms with van der Waals surface area (Å²) >= 11 is 0. The van der Waals surface area contributed by atoms with Crippen molar-refractivity contribution in [2.45, 2.75) is 57.3 Å². The molecule has 6 nitrogen and oxygen atoms in total. The first-order chi connectivity index (χ1) is 15.2. The van der Waals surface area contributed by atoms with Crippen molar-refractivity contribution in [2.24, 2.45) is 5.73 Å².